The van der Waals surface area contributed by atoms with Gasteiger partial charge in [0.05, 0.1) is 0 Å². The number of likely N-dealkylation sites (tertiary alicyclic amines) is 1. The van der Waals surface area contributed by atoms with Gasteiger partial charge in [0.2, 0.25) is 0 Å². The Morgan fingerprint density at radius 1 is 1.35 bits per heavy atom. The van der Waals surface area contributed by atoms with E-state index in [1.165, 1.54) is 18.5 Å². The minimum Gasteiger partial charge on any atom is -0.448 e. The van der Waals surface area contributed by atoms with Crippen molar-refractivity contribution in [1.29, 1.82) is 0 Å². The zero-order valence-corrected chi connectivity index (χ0v) is 13.1. The topological polar surface area (TPSA) is 58.4 Å². The molecular formula is C17H20FN3O2. The van der Waals surface area contributed by atoms with Gasteiger partial charge in [0.25, 0.3) is 5.91 Å². The van der Waals surface area contributed by atoms with E-state index >= 15 is 0 Å². The third-order valence-corrected chi connectivity index (χ3v) is 4.20. The van der Waals surface area contributed by atoms with E-state index in [2.05, 4.69) is 15.2 Å². The highest BCUT2D eigenvalue weighted by Gasteiger charge is 2.23. The number of aromatic nitrogens is 1. The van der Waals surface area contributed by atoms with Crippen LogP contribution in [-0.2, 0) is 6.54 Å². The van der Waals surface area contributed by atoms with E-state index in [9.17, 15) is 9.18 Å². The number of halogens is 1. The summed E-state index contributed by atoms with van der Waals surface area (Å²) in [6.45, 7) is 4.34. The van der Waals surface area contributed by atoms with Gasteiger partial charge < -0.3 is 9.73 Å². The molecule has 0 spiro atoms. The lowest BCUT2D eigenvalue weighted by atomic mass is 10.0. The number of amides is 1. The Labute approximate surface area is 134 Å². The van der Waals surface area contributed by atoms with E-state index in [1.807, 2.05) is 12.1 Å². The summed E-state index contributed by atoms with van der Waals surface area (Å²) < 4.78 is 18.0. The number of rotatable bonds is 4. The Morgan fingerprint density at radius 3 is 2.65 bits per heavy atom. The lowest BCUT2D eigenvalue weighted by Gasteiger charge is -2.32. The van der Waals surface area contributed by atoms with Gasteiger partial charge in [0.1, 0.15) is 11.6 Å². The zero-order valence-electron chi connectivity index (χ0n) is 13.1. The number of aryl methyl sites for hydroxylation is 1. The molecule has 1 aliphatic heterocycles. The molecule has 1 aliphatic rings. The van der Waals surface area contributed by atoms with Crippen LogP contribution >= 0.6 is 0 Å². The molecule has 1 N–H and O–H groups in total. The van der Waals surface area contributed by atoms with Crippen molar-refractivity contribution in [3.05, 3.63) is 53.5 Å². The van der Waals surface area contributed by atoms with Crippen LogP contribution in [0.5, 0.6) is 0 Å². The third kappa shape index (κ3) is 3.96. The van der Waals surface area contributed by atoms with Crippen molar-refractivity contribution in [3.63, 3.8) is 0 Å². The molecule has 0 aliphatic carbocycles. The summed E-state index contributed by atoms with van der Waals surface area (Å²) in [5.41, 5.74) is 1.46. The Balaban J connectivity index is 1.48. The van der Waals surface area contributed by atoms with E-state index in [0.29, 0.717) is 11.5 Å². The van der Waals surface area contributed by atoms with Crippen LogP contribution in [0.15, 0.2) is 35.1 Å². The first kappa shape index (κ1) is 15.7. The van der Waals surface area contributed by atoms with E-state index in [0.717, 1.165) is 38.0 Å². The molecule has 1 fully saturated rings. The highest BCUT2D eigenvalue weighted by Crippen LogP contribution is 2.15. The number of carbonyl (C=O) groups is 1. The molecule has 5 nitrogen and oxygen atoms in total. The summed E-state index contributed by atoms with van der Waals surface area (Å²) in [5.74, 6) is 0.155. The predicted molar refractivity (Wildman–Crippen MR) is 83.4 cm³/mol. The van der Waals surface area contributed by atoms with Gasteiger partial charge in [-0.15, -0.1) is 0 Å². The van der Waals surface area contributed by atoms with Crippen molar-refractivity contribution in [3.8, 4) is 0 Å². The number of hydrogen-bond donors (Lipinski definition) is 1. The van der Waals surface area contributed by atoms with Gasteiger partial charge in [-0.3, -0.25) is 9.69 Å². The van der Waals surface area contributed by atoms with E-state index < -0.39 is 0 Å². The Morgan fingerprint density at radius 2 is 2.04 bits per heavy atom. The van der Waals surface area contributed by atoms with Crippen LogP contribution < -0.4 is 5.32 Å². The Bertz CT molecular complexity index is 661. The van der Waals surface area contributed by atoms with Crippen LogP contribution in [0, 0.1) is 12.7 Å². The summed E-state index contributed by atoms with van der Waals surface area (Å²) in [7, 11) is 0. The van der Waals surface area contributed by atoms with Gasteiger partial charge in [-0.1, -0.05) is 12.1 Å². The van der Waals surface area contributed by atoms with E-state index in [1.54, 1.807) is 6.92 Å². The SMILES string of the molecule is Cc1ocnc1C(=O)NC1CCN(Cc2ccc(F)cc2)CC1. The summed E-state index contributed by atoms with van der Waals surface area (Å²) >= 11 is 0. The summed E-state index contributed by atoms with van der Waals surface area (Å²) in [5, 5.41) is 3.02. The molecule has 6 heteroatoms. The largest absolute Gasteiger partial charge is 0.448 e. The number of benzene rings is 1. The average molecular weight is 317 g/mol. The normalized spacial score (nSPS) is 16.4. The van der Waals surface area contributed by atoms with Crippen LogP contribution in [0.1, 0.15) is 34.7 Å². The average Bonchev–Trinajstić information content (AvgIpc) is 2.98. The minimum absolute atomic E-state index is 0.156. The smallest absolute Gasteiger partial charge is 0.273 e. The van der Waals surface area contributed by atoms with Crippen molar-refractivity contribution in [2.45, 2.75) is 32.4 Å². The highest BCUT2D eigenvalue weighted by atomic mass is 19.1. The second kappa shape index (κ2) is 6.91. The molecule has 0 radical (unpaired) electrons. The fourth-order valence-electron chi connectivity index (χ4n) is 2.86. The molecule has 1 aromatic heterocycles. The monoisotopic (exact) mass is 317 g/mol. The standard InChI is InChI=1S/C17H20FN3O2/c1-12-16(19-11-23-12)17(22)20-15-6-8-21(9-7-15)10-13-2-4-14(18)5-3-13/h2-5,11,15H,6-10H2,1H3,(H,20,22). The number of piperidine rings is 1. The molecule has 2 aromatic rings. The van der Waals surface area contributed by atoms with Gasteiger partial charge in [-0.05, 0) is 37.5 Å². The maximum absolute atomic E-state index is 12.9. The first-order valence-corrected chi connectivity index (χ1v) is 7.79. The summed E-state index contributed by atoms with van der Waals surface area (Å²) in [6, 6.07) is 6.76. The molecule has 1 saturated heterocycles. The maximum Gasteiger partial charge on any atom is 0.273 e. The second-order valence-electron chi connectivity index (χ2n) is 5.91. The van der Waals surface area contributed by atoms with E-state index in [4.69, 9.17) is 4.42 Å². The first-order valence-electron chi connectivity index (χ1n) is 7.79. The van der Waals surface area contributed by atoms with Crippen molar-refractivity contribution < 1.29 is 13.6 Å². The number of carbonyl (C=O) groups excluding carboxylic acids is 1. The maximum atomic E-state index is 12.9. The van der Waals surface area contributed by atoms with Gasteiger partial charge in [-0.25, -0.2) is 9.37 Å². The summed E-state index contributed by atoms with van der Waals surface area (Å²) in [4.78, 5) is 18.4. The molecule has 0 atom stereocenters. The predicted octanol–water partition coefficient (Wildman–Crippen LogP) is 2.52. The van der Waals surface area contributed by atoms with Gasteiger partial charge in [0, 0.05) is 25.7 Å². The zero-order chi connectivity index (χ0) is 16.2. The van der Waals surface area contributed by atoms with Crippen LogP contribution in [0.2, 0.25) is 0 Å². The number of nitrogens with zero attached hydrogens (tertiary/aromatic N) is 2. The number of nitrogens with one attached hydrogen (secondary N) is 1. The molecule has 122 valence electrons. The molecule has 0 saturated carbocycles. The molecule has 0 bridgehead atoms. The second-order valence-corrected chi connectivity index (χ2v) is 5.91. The Kier molecular flexibility index (Phi) is 4.71. The van der Waals surface area contributed by atoms with Gasteiger partial charge in [-0.2, -0.15) is 0 Å². The summed E-state index contributed by atoms with van der Waals surface area (Å²) in [6.07, 6.45) is 3.07. The van der Waals surface area contributed by atoms with Crippen LogP contribution in [0.3, 0.4) is 0 Å². The van der Waals surface area contributed by atoms with Gasteiger partial charge in [0.15, 0.2) is 12.1 Å². The van der Waals surface area contributed by atoms with Crippen molar-refractivity contribution in [2.24, 2.45) is 0 Å². The third-order valence-electron chi connectivity index (χ3n) is 4.20. The van der Waals surface area contributed by atoms with Crippen molar-refractivity contribution in [2.75, 3.05) is 13.1 Å². The molecule has 23 heavy (non-hydrogen) atoms. The molecule has 2 heterocycles. The molecule has 0 unspecified atom stereocenters. The van der Waals surface area contributed by atoms with Gasteiger partial charge >= 0.3 is 0 Å². The lowest BCUT2D eigenvalue weighted by Crippen LogP contribution is -2.44. The first-order chi connectivity index (χ1) is 11.1. The molecule has 3 rings (SSSR count). The fraction of sp³-hybridized carbons (Fsp3) is 0.412. The number of oxazole rings is 1. The van der Waals surface area contributed by atoms with E-state index in [-0.39, 0.29) is 17.8 Å². The van der Waals surface area contributed by atoms with Crippen molar-refractivity contribution >= 4 is 5.91 Å². The van der Waals surface area contributed by atoms with Crippen molar-refractivity contribution in [1.82, 2.24) is 15.2 Å². The van der Waals surface area contributed by atoms with Crippen LogP contribution in [0.4, 0.5) is 4.39 Å². The highest BCUT2D eigenvalue weighted by molar-refractivity contribution is 5.93. The molecular weight excluding hydrogens is 297 g/mol. The quantitative estimate of drug-likeness (QED) is 0.941. The fourth-order valence-corrected chi connectivity index (χ4v) is 2.86. The lowest BCUT2D eigenvalue weighted by molar-refractivity contribution is 0.0903. The minimum atomic E-state index is -0.210. The molecule has 1 aromatic carbocycles. The molecule has 1 amide bonds. The van der Waals surface area contributed by atoms with Crippen LogP contribution in [0.25, 0.3) is 0 Å². The Hall–Kier alpha value is -2.21. The number of hydrogen-bond acceptors (Lipinski definition) is 4. The van der Waals surface area contributed by atoms with Crippen LogP contribution in [-0.4, -0.2) is 34.9 Å².